The molecule has 0 radical (unpaired) electrons. The van der Waals surface area contributed by atoms with Crippen LogP contribution in [0.2, 0.25) is 0 Å². The summed E-state index contributed by atoms with van der Waals surface area (Å²) in [6, 6.07) is 8.38. The van der Waals surface area contributed by atoms with Crippen LogP contribution in [0.3, 0.4) is 0 Å². The van der Waals surface area contributed by atoms with Gasteiger partial charge in [0.25, 0.3) is 0 Å². The Labute approximate surface area is 164 Å². The number of amides is 2. The average Bonchev–Trinajstić information content (AvgIpc) is 3.28. The molecule has 28 heavy (non-hydrogen) atoms. The Morgan fingerprint density at radius 2 is 2.18 bits per heavy atom. The lowest BCUT2D eigenvalue weighted by molar-refractivity contribution is -0.134. The second-order valence-electron chi connectivity index (χ2n) is 7.69. The zero-order valence-corrected chi connectivity index (χ0v) is 16.6. The van der Waals surface area contributed by atoms with Crippen molar-refractivity contribution in [2.45, 2.75) is 39.2 Å². The number of nitrogens with zero attached hydrogens (tertiary/aromatic N) is 3. The smallest absolute Gasteiger partial charge is 0.227 e. The Balaban J connectivity index is 1.49. The predicted octanol–water partition coefficient (Wildman–Crippen LogP) is 2.86. The first-order valence-electron chi connectivity index (χ1n) is 9.70. The van der Waals surface area contributed by atoms with Gasteiger partial charge in [-0.25, -0.2) is 4.39 Å². The first kappa shape index (κ1) is 20.0. The zero-order valence-electron chi connectivity index (χ0n) is 16.6. The van der Waals surface area contributed by atoms with Crippen LogP contribution in [0.5, 0.6) is 0 Å². The minimum absolute atomic E-state index is 0.0292. The summed E-state index contributed by atoms with van der Waals surface area (Å²) in [7, 11) is 1.79. The predicted molar refractivity (Wildman–Crippen MR) is 105 cm³/mol. The van der Waals surface area contributed by atoms with E-state index >= 15 is 0 Å². The Kier molecular flexibility index (Phi) is 6.11. The molecule has 0 spiro atoms. The number of likely N-dealkylation sites (tertiary alicyclic amines) is 1. The Bertz CT molecular complexity index is 848. The second-order valence-corrected chi connectivity index (χ2v) is 7.69. The molecule has 150 valence electrons. The van der Waals surface area contributed by atoms with Crippen molar-refractivity contribution in [2.24, 2.45) is 5.92 Å². The third-order valence-electron chi connectivity index (χ3n) is 5.20. The van der Waals surface area contributed by atoms with Crippen molar-refractivity contribution in [1.29, 1.82) is 0 Å². The molecule has 1 aliphatic rings. The molecule has 1 atom stereocenters. The molecule has 1 aliphatic heterocycles. The highest BCUT2D eigenvalue weighted by molar-refractivity contribution is 5.89. The quantitative estimate of drug-likeness (QED) is 0.796. The summed E-state index contributed by atoms with van der Waals surface area (Å²) in [6.07, 6.45) is 1.82. The molecule has 6 nitrogen and oxygen atoms in total. The molecule has 0 bridgehead atoms. The van der Waals surface area contributed by atoms with Gasteiger partial charge in [-0.05, 0) is 44.9 Å². The number of carbonyl (C=O) groups is 2. The Morgan fingerprint density at radius 3 is 2.86 bits per heavy atom. The van der Waals surface area contributed by atoms with E-state index in [1.54, 1.807) is 22.9 Å². The second kappa shape index (κ2) is 8.54. The third kappa shape index (κ3) is 4.58. The molecule has 1 unspecified atom stereocenters. The molecule has 2 aromatic rings. The van der Waals surface area contributed by atoms with Crippen LogP contribution in [-0.2, 0) is 16.0 Å². The molecule has 1 aromatic heterocycles. The van der Waals surface area contributed by atoms with Gasteiger partial charge in [0, 0.05) is 43.9 Å². The van der Waals surface area contributed by atoms with Gasteiger partial charge in [-0.1, -0.05) is 12.1 Å². The Morgan fingerprint density at radius 1 is 1.39 bits per heavy atom. The molecule has 3 rings (SSSR count). The maximum atomic E-state index is 13.3. The summed E-state index contributed by atoms with van der Waals surface area (Å²) in [5, 5.41) is 7.22. The molecule has 7 heteroatoms. The fraction of sp³-hybridized carbons (Fsp3) is 0.476. The average molecular weight is 386 g/mol. The number of halogens is 1. The minimum Gasteiger partial charge on any atom is -0.345 e. The molecule has 0 aliphatic carbocycles. The summed E-state index contributed by atoms with van der Waals surface area (Å²) in [6.45, 7) is 5.06. The standard InChI is InChI=1S/C21H27FN4O2/c1-14(2)26-13-16(11-20(26)27)21(28)25(3)9-5-8-18-12-19(24-23-18)15-6-4-7-17(22)10-15/h4,6-7,10,12,14,16H,5,8-9,11,13H2,1-3H3,(H,23,24). The number of hydrogen-bond acceptors (Lipinski definition) is 3. The number of H-pyrrole nitrogens is 1. The van der Waals surface area contributed by atoms with Crippen molar-refractivity contribution in [1.82, 2.24) is 20.0 Å². The van der Waals surface area contributed by atoms with Gasteiger partial charge in [0.05, 0.1) is 11.6 Å². The lowest BCUT2D eigenvalue weighted by Gasteiger charge is -2.23. The molecule has 2 amide bonds. The molecular weight excluding hydrogens is 359 g/mol. The Hall–Kier alpha value is -2.70. The fourth-order valence-electron chi connectivity index (χ4n) is 3.61. The number of aromatic amines is 1. The van der Waals surface area contributed by atoms with Crippen LogP contribution in [0.4, 0.5) is 4.39 Å². The van der Waals surface area contributed by atoms with Crippen molar-refractivity contribution in [3.05, 3.63) is 41.8 Å². The van der Waals surface area contributed by atoms with E-state index in [4.69, 9.17) is 0 Å². The zero-order chi connectivity index (χ0) is 20.3. The van der Waals surface area contributed by atoms with Gasteiger partial charge < -0.3 is 9.80 Å². The van der Waals surface area contributed by atoms with Crippen molar-refractivity contribution in [2.75, 3.05) is 20.1 Å². The van der Waals surface area contributed by atoms with E-state index < -0.39 is 0 Å². The van der Waals surface area contributed by atoms with E-state index in [1.165, 1.54) is 12.1 Å². The molecule has 0 saturated carbocycles. The largest absolute Gasteiger partial charge is 0.345 e. The van der Waals surface area contributed by atoms with Gasteiger partial charge in [0.15, 0.2) is 0 Å². The van der Waals surface area contributed by atoms with E-state index in [2.05, 4.69) is 10.2 Å². The van der Waals surface area contributed by atoms with Gasteiger partial charge in [-0.2, -0.15) is 5.10 Å². The van der Waals surface area contributed by atoms with Crippen molar-refractivity contribution in [3.63, 3.8) is 0 Å². The molecular formula is C21H27FN4O2. The number of aromatic nitrogens is 2. The number of rotatable bonds is 7. The van der Waals surface area contributed by atoms with Crippen molar-refractivity contribution >= 4 is 11.8 Å². The fourth-order valence-corrected chi connectivity index (χ4v) is 3.61. The highest BCUT2D eigenvalue weighted by Gasteiger charge is 2.36. The highest BCUT2D eigenvalue weighted by Crippen LogP contribution is 2.22. The lowest BCUT2D eigenvalue weighted by Crippen LogP contribution is -2.37. The maximum Gasteiger partial charge on any atom is 0.227 e. The van der Waals surface area contributed by atoms with Crippen molar-refractivity contribution in [3.8, 4) is 11.3 Å². The summed E-state index contributed by atoms with van der Waals surface area (Å²) in [5.41, 5.74) is 2.38. The van der Waals surface area contributed by atoms with E-state index in [9.17, 15) is 14.0 Å². The van der Waals surface area contributed by atoms with Crippen molar-refractivity contribution < 1.29 is 14.0 Å². The number of benzene rings is 1. The van der Waals surface area contributed by atoms with Crippen LogP contribution >= 0.6 is 0 Å². The number of hydrogen-bond donors (Lipinski definition) is 1. The summed E-state index contributed by atoms with van der Waals surface area (Å²) < 4.78 is 13.3. The van der Waals surface area contributed by atoms with Crippen LogP contribution in [0, 0.1) is 11.7 Å². The normalized spacial score (nSPS) is 16.8. The number of carbonyl (C=O) groups excluding carboxylic acids is 2. The van der Waals surface area contributed by atoms with Crippen LogP contribution in [-0.4, -0.2) is 58.0 Å². The van der Waals surface area contributed by atoms with Crippen LogP contribution < -0.4 is 0 Å². The monoisotopic (exact) mass is 386 g/mol. The van der Waals surface area contributed by atoms with Gasteiger partial charge >= 0.3 is 0 Å². The van der Waals surface area contributed by atoms with E-state index in [-0.39, 0.29) is 29.6 Å². The summed E-state index contributed by atoms with van der Waals surface area (Å²) >= 11 is 0. The third-order valence-corrected chi connectivity index (χ3v) is 5.20. The van der Waals surface area contributed by atoms with Gasteiger partial charge in [-0.15, -0.1) is 0 Å². The molecule has 1 saturated heterocycles. The van der Waals surface area contributed by atoms with E-state index in [0.29, 0.717) is 25.2 Å². The molecule has 1 aromatic carbocycles. The van der Waals surface area contributed by atoms with Gasteiger partial charge in [-0.3, -0.25) is 14.7 Å². The van der Waals surface area contributed by atoms with Gasteiger partial charge in [0.1, 0.15) is 5.82 Å². The maximum absolute atomic E-state index is 13.3. The lowest BCUT2D eigenvalue weighted by atomic mass is 10.1. The number of aryl methyl sites for hydroxylation is 1. The van der Waals surface area contributed by atoms with Gasteiger partial charge in [0.2, 0.25) is 11.8 Å². The minimum atomic E-state index is -0.288. The molecule has 1 N–H and O–H groups in total. The highest BCUT2D eigenvalue weighted by atomic mass is 19.1. The summed E-state index contributed by atoms with van der Waals surface area (Å²) in [4.78, 5) is 28.1. The first-order chi connectivity index (χ1) is 13.3. The van der Waals surface area contributed by atoms with Crippen LogP contribution in [0.25, 0.3) is 11.3 Å². The topological polar surface area (TPSA) is 69.3 Å². The number of nitrogens with one attached hydrogen (secondary N) is 1. The SMILES string of the molecule is CC(C)N1CC(C(=O)N(C)CCCc2cc(-c3cccc(F)c3)n[nH]2)CC1=O. The van der Waals surface area contributed by atoms with Crippen LogP contribution in [0.1, 0.15) is 32.4 Å². The summed E-state index contributed by atoms with van der Waals surface area (Å²) in [5.74, 6) is -0.444. The molecule has 1 fully saturated rings. The first-order valence-corrected chi connectivity index (χ1v) is 9.70. The van der Waals surface area contributed by atoms with E-state index in [0.717, 1.165) is 24.1 Å². The van der Waals surface area contributed by atoms with E-state index in [1.807, 2.05) is 26.0 Å². The van der Waals surface area contributed by atoms with Crippen LogP contribution in [0.15, 0.2) is 30.3 Å². The molecule has 2 heterocycles.